The molecule has 8 nitrogen and oxygen atoms in total. The van der Waals surface area contributed by atoms with Crippen molar-refractivity contribution in [3.05, 3.63) is 11.5 Å². The molecule has 2 heterocycles. The van der Waals surface area contributed by atoms with Crippen molar-refractivity contribution < 1.29 is 17.9 Å². The van der Waals surface area contributed by atoms with Gasteiger partial charge in [-0.05, 0) is 11.6 Å². The number of halogens is 1. The first-order valence-corrected chi connectivity index (χ1v) is 7.20. The second kappa shape index (κ2) is 4.91. The Bertz CT molecular complexity index is 621. The average molecular weight is 307 g/mol. The van der Waals surface area contributed by atoms with Gasteiger partial charge >= 0.3 is 0 Å². The summed E-state index contributed by atoms with van der Waals surface area (Å²) in [7, 11) is -2.40. The minimum Gasteiger partial charge on any atom is -0.491 e. The molecule has 1 aromatic rings. The zero-order chi connectivity index (χ0) is 14.2. The van der Waals surface area contributed by atoms with Gasteiger partial charge in [-0.1, -0.05) is 0 Å². The van der Waals surface area contributed by atoms with Crippen molar-refractivity contribution in [2.75, 3.05) is 18.6 Å². The quantitative estimate of drug-likeness (QED) is 0.755. The van der Waals surface area contributed by atoms with Crippen molar-refractivity contribution in [3.8, 4) is 5.75 Å². The lowest BCUT2D eigenvalue weighted by atomic mass is 10.4. The van der Waals surface area contributed by atoms with Crippen molar-refractivity contribution in [2.45, 2.75) is 11.7 Å². The molecule has 0 spiro atoms. The highest BCUT2D eigenvalue weighted by atomic mass is 35.5. The predicted octanol–water partition coefficient (Wildman–Crippen LogP) is -0.468. The van der Waals surface area contributed by atoms with E-state index in [2.05, 4.69) is 9.97 Å². The van der Waals surface area contributed by atoms with Gasteiger partial charge in [0.1, 0.15) is 5.25 Å². The van der Waals surface area contributed by atoms with E-state index in [-0.39, 0.29) is 29.8 Å². The summed E-state index contributed by atoms with van der Waals surface area (Å²) in [6.45, 7) is -0.0820. The SMILES string of the molecule is COc1cnc(Cl)nc1N1CC(S(N)(=O)=O)CC1=O. The number of hydrogen-bond donors (Lipinski definition) is 1. The Hall–Kier alpha value is -1.45. The molecule has 0 bridgehead atoms. The summed E-state index contributed by atoms with van der Waals surface area (Å²) < 4.78 is 27.6. The normalized spacial score (nSPS) is 19.8. The largest absolute Gasteiger partial charge is 0.491 e. The monoisotopic (exact) mass is 306 g/mol. The molecule has 0 aliphatic carbocycles. The average Bonchev–Trinajstić information content (AvgIpc) is 2.71. The Balaban J connectivity index is 2.38. The van der Waals surface area contributed by atoms with Crippen molar-refractivity contribution in [2.24, 2.45) is 5.14 Å². The number of ether oxygens (including phenoxy) is 1. The molecular weight excluding hydrogens is 296 g/mol. The van der Waals surface area contributed by atoms with Gasteiger partial charge in [0.2, 0.25) is 21.2 Å². The van der Waals surface area contributed by atoms with Crippen molar-refractivity contribution in [1.29, 1.82) is 0 Å². The number of methoxy groups -OCH3 is 1. The molecule has 0 saturated carbocycles. The van der Waals surface area contributed by atoms with E-state index in [1.807, 2.05) is 0 Å². The molecule has 1 fully saturated rings. The van der Waals surface area contributed by atoms with Crippen LogP contribution >= 0.6 is 11.6 Å². The molecule has 1 aliphatic rings. The number of nitrogens with two attached hydrogens (primary N) is 1. The standard InChI is InChI=1S/C9H11ClN4O4S/c1-18-6-3-12-9(10)13-8(6)14-4-5(2-7(14)15)19(11,16)17/h3,5H,2,4H2,1H3,(H2,11,16,17). The van der Waals surface area contributed by atoms with Gasteiger partial charge < -0.3 is 4.74 Å². The second-order valence-electron chi connectivity index (χ2n) is 3.95. The number of primary sulfonamides is 1. The number of carbonyl (C=O) groups excluding carboxylic acids is 1. The first-order valence-electron chi connectivity index (χ1n) is 5.21. The van der Waals surface area contributed by atoms with Crippen LogP contribution < -0.4 is 14.8 Å². The van der Waals surface area contributed by atoms with Crippen LogP contribution in [0.15, 0.2) is 6.20 Å². The number of anilines is 1. The van der Waals surface area contributed by atoms with Gasteiger partial charge in [-0.25, -0.2) is 18.5 Å². The summed E-state index contributed by atoms with van der Waals surface area (Å²) in [5.41, 5.74) is 0. The summed E-state index contributed by atoms with van der Waals surface area (Å²) in [5, 5.41) is 4.02. The lowest BCUT2D eigenvalue weighted by Gasteiger charge is -2.17. The third-order valence-electron chi connectivity index (χ3n) is 2.74. The Morgan fingerprint density at radius 1 is 1.58 bits per heavy atom. The maximum absolute atomic E-state index is 11.9. The molecule has 10 heteroatoms. The van der Waals surface area contributed by atoms with Gasteiger partial charge in [-0.3, -0.25) is 9.69 Å². The van der Waals surface area contributed by atoms with Gasteiger partial charge in [0.25, 0.3) is 0 Å². The topological polar surface area (TPSA) is 115 Å². The summed E-state index contributed by atoms with van der Waals surface area (Å²) in [6, 6.07) is 0. The summed E-state index contributed by atoms with van der Waals surface area (Å²) in [5.74, 6) is -0.0430. The van der Waals surface area contributed by atoms with E-state index in [0.29, 0.717) is 0 Å². The number of hydrogen-bond acceptors (Lipinski definition) is 6. The smallest absolute Gasteiger partial charge is 0.229 e. The summed E-state index contributed by atoms with van der Waals surface area (Å²) >= 11 is 5.67. The van der Waals surface area contributed by atoms with Crippen molar-refractivity contribution >= 4 is 33.3 Å². The Kier molecular flexibility index (Phi) is 3.61. The fourth-order valence-electron chi connectivity index (χ4n) is 1.78. The number of sulfonamides is 1. The molecule has 1 aliphatic heterocycles. The minimum absolute atomic E-state index is 0.0670. The third-order valence-corrected chi connectivity index (χ3v) is 4.16. The fourth-order valence-corrected chi connectivity index (χ4v) is 2.64. The minimum atomic E-state index is -3.79. The number of carbonyl (C=O) groups is 1. The number of nitrogens with zero attached hydrogens (tertiary/aromatic N) is 3. The molecule has 0 radical (unpaired) electrons. The van der Waals surface area contributed by atoms with Gasteiger partial charge in [0.15, 0.2) is 11.6 Å². The lowest BCUT2D eigenvalue weighted by Crippen LogP contribution is -2.32. The van der Waals surface area contributed by atoms with Crippen LogP contribution in [0, 0.1) is 0 Å². The highest BCUT2D eigenvalue weighted by Gasteiger charge is 2.39. The van der Waals surface area contributed by atoms with E-state index in [9.17, 15) is 13.2 Å². The zero-order valence-electron chi connectivity index (χ0n) is 9.91. The van der Waals surface area contributed by atoms with Crippen LogP contribution in [0.1, 0.15) is 6.42 Å². The van der Waals surface area contributed by atoms with Crippen LogP contribution in [0.5, 0.6) is 5.75 Å². The van der Waals surface area contributed by atoms with Crippen molar-refractivity contribution in [1.82, 2.24) is 9.97 Å². The van der Waals surface area contributed by atoms with Gasteiger partial charge in [0, 0.05) is 13.0 Å². The molecular formula is C9H11ClN4O4S. The van der Waals surface area contributed by atoms with Crippen LogP contribution in [0.3, 0.4) is 0 Å². The first kappa shape index (κ1) is 14.0. The van der Waals surface area contributed by atoms with E-state index in [0.717, 1.165) is 0 Å². The van der Waals surface area contributed by atoms with Crippen LogP contribution in [0.25, 0.3) is 0 Å². The number of amides is 1. The maximum Gasteiger partial charge on any atom is 0.229 e. The van der Waals surface area contributed by atoms with Crippen LogP contribution in [0.2, 0.25) is 5.28 Å². The molecule has 1 unspecified atom stereocenters. The summed E-state index contributed by atoms with van der Waals surface area (Å²) in [4.78, 5) is 20.7. The van der Waals surface area contributed by atoms with Gasteiger partial charge in [-0.2, -0.15) is 4.98 Å². The molecule has 104 valence electrons. The highest BCUT2D eigenvalue weighted by molar-refractivity contribution is 7.89. The molecule has 2 N–H and O–H groups in total. The lowest BCUT2D eigenvalue weighted by molar-refractivity contribution is -0.117. The molecule has 1 aromatic heterocycles. The predicted molar refractivity (Wildman–Crippen MR) is 67.5 cm³/mol. The van der Waals surface area contributed by atoms with E-state index < -0.39 is 21.2 Å². The Morgan fingerprint density at radius 3 is 2.79 bits per heavy atom. The summed E-state index contributed by atoms with van der Waals surface area (Å²) in [6.07, 6.45) is 1.12. The molecule has 19 heavy (non-hydrogen) atoms. The first-order chi connectivity index (χ1) is 8.82. The van der Waals surface area contributed by atoms with Crippen LogP contribution in [-0.4, -0.2) is 43.2 Å². The van der Waals surface area contributed by atoms with Crippen LogP contribution in [0.4, 0.5) is 5.82 Å². The third kappa shape index (κ3) is 2.77. The zero-order valence-corrected chi connectivity index (χ0v) is 11.5. The Labute approximate surface area is 114 Å². The van der Waals surface area contributed by atoms with Crippen molar-refractivity contribution in [3.63, 3.8) is 0 Å². The molecule has 2 rings (SSSR count). The Morgan fingerprint density at radius 2 is 2.26 bits per heavy atom. The molecule has 1 amide bonds. The van der Waals surface area contributed by atoms with E-state index in [1.165, 1.54) is 18.2 Å². The molecule has 1 saturated heterocycles. The van der Waals surface area contributed by atoms with E-state index >= 15 is 0 Å². The highest BCUT2D eigenvalue weighted by Crippen LogP contribution is 2.30. The molecule has 1 atom stereocenters. The second-order valence-corrected chi connectivity index (χ2v) is 6.13. The number of aromatic nitrogens is 2. The van der Waals surface area contributed by atoms with E-state index in [4.69, 9.17) is 21.5 Å². The van der Waals surface area contributed by atoms with Gasteiger partial charge in [0.05, 0.1) is 13.3 Å². The fraction of sp³-hybridized carbons (Fsp3) is 0.444. The maximum atomic E-state index is 11.9. The molecule has 0 aromatic carbocycles. The van der Waals surface area contributed by atoms with Crippen LogP contribution in [-0.2, 0) is 14.8 Å². The van der Waals surface area contributed by atoms with Gasteiger partial charge in [-0.15, -0.1) is 0 Å². The van der Waals surface area contributed by atoms with E-state index in [1.54, 1.807) is 0 Å². The number of rotatable bonds is 3.